The first-order chi connectivity index (χ1) is 10.7. The van der Waals surface area contributed by atoms with Crippen LogP contribution >= 0.6 is 27.7 Å². The van der Waals surface area contributed by atoms with Gasteiger partial charge in [-0.3, -0.25) is 4.79 Å². The molecular weight excluding hydrogens is 366 g/mol. The molecule has 0 bridgehead atoms. The van der Waals surface area contributed by atoms with E-state index in [1.807, 2.05) is 24.3 Å². The van der Waals surface area contributed by atoms with Gasteiger partial charge in [-0.25, -0.2) is 0 Å². The standard InChI is InChI=1S/C15H12BrN3O2S/c16-11-5-3-10(4-6-11)8-13-14(20)18-15(22-13)19-17-9-12-2-1-7-21-12/h1-7,9,13H,8H2,(H,18,19,20)/b17-9+. The van der Waals surface area contributed by atoms with Crippen molar-refractivity contribution in [3.63, 3.8) is 0 Å². The van der Waals surface area contributed by atoms with E-state index in [1.54, 1.807) is 18.4 Å². The van der Waals surface area contributed by atoms with Crippen LogP contribution in [-0.2, 0) is 11.2 Å². The van der Waals surface area contributed by atoms with Crippen molar-refractivity contribution in [1.29, 1.82) is 0 Å². The molecule has 1 unspecified atom stereocenters. The molecule has 1 aliphatic rings. The molecule has 1 aromatic heterocycles. The molecule has 1 fully saturated rings. The number of hydrogen-bond acceptors (Lipinski definition) is 5. The number of halogens is 1. The van der Waals surface area contributed by atoms with Crippen LogP contribution < -0.4 is 5.32 Å². The SMILES string of the molecule is O=C1N/C(=N\N=C\c2ccco2)SC1Cc1ccc(Br)cc1. The van der Waals surface area contributed by atoms with Crippen molar-refractivity contribution >= 4 is 45.0 Å². The monoisotopic (exact) mass is 377 g/mol. The Morgan fingerprint density at radius 3 is 2.86 bits per heavy atom. The third kappa shape index (κ3) is 3.86. The molecule has 0 radical (unpaired) electrons. The number of carbonyl (C=O) groups excluding carboxylic acids is 1. The highest BCUT2D eigenvalue weighted by molar-refractivity contribution is 9.10. The van der Waals surface area contributed by atoms with Gasteiger partial charge in [-0.15, -0.1) is 5.10 Å². The Labute approximate surface area is 140 Å². The molecular formula is C15H12BrN3O2S. The summed E-state index contributed by atoms with van der Waals surface area (Å²) >= 11 is 4.79. The smallest absolute Gasteiger partial charge is 0.239 e. The van der Waals surface area contributed by atoms with Gasteiger partial charge in [0.1, 0.15) is 5.76 Å². The van der Waals surface area contributed by atoms with E-state index in [2.05, 4.69) is 31.4 Å². The first-order valence-electron chi connectivity index (χ1n) is 6.57. The zero-order valence-electron chi connectivity index (χ0n) is 11.4. The maximum atomic E-state index is 12.0. The van der Waals surface area contributed by atoms with Crippen LogP contribution in [-0.4, -0.2) is 22.5 Å². The van der Waals surface area contributed by atoms with Crippen molar-refractivity contribution in [2.45, 2.75) is 11.7 Å². The van der Waals surface area contributed by atoms with Gasteiger partial charge in [-0.2, -0.15) is 5.10 Å². The van der Waals surface area contributed by atoms with Crippen LogP contribution in [0, 0.1) is 0 Å². The summed E-state index contributed by atoms with van der Waals surface area (Å²) in [7, 11) is 0. The van der Waals surface area contributed by atoms with Crippen molar-refractivity contribution in [2.24, 2.45) is 10.2 Å². The van der Waals surface area contributed by atoms with Crippen LogP contribution in [0.5, 0.6) is 0 Å². The Morgan fingerprint density at radius 1 is 1.32 bits per heavy atom. The number of nitrogens with zero attached hydrogens (tertiary/aromatic N) is 2. The lowest BCUT2D eigenvalue weighted by atomic mass is 10.1. The summed E-state index contributed by atoms with van der Waals surface area (Å²) in [4.78, 5) is 12.0. The Balaban J connectivity index is 1.61. The number of rotatable bonds is 4. The molecule has 2 aromatic rings. The van der Waals surface area contributed by atoms with Crippen molar-refractivity contribution in [3.8, 4) is 0 Å². The molecule has 1 amide bonds. The van der Waals surface area contributed by atoms with Gasteiger partial charge in [0, 0.05) is 4.47 Å². The summed E-state index contributed by atoms with van der Waals surface area (Å²) in [6.45, 7) is 0. The molecule has 22 heavy (non-hydrogen) atoms. The normalized spacial score (nSPS) is 20.0. The van der Waals surface area contributed by atoms with Crippen LogP contribution in [0.4, 0.5) is 0 Å². The van der Waals surface area contributed by atoms with E-state index >= 15 is 0 Å². The average Bonchev–Trinajstić information content (AvgIpc) is 3.12. The number of hydrogen-bond donors (Lipinski definition) is 1. The van der Waals surface area contributed by atoms with Gasteiger partial charge in [0.15, 0.2) is 5.17 Å². The molecule has 0 spiro atoms. The number of nitrogens with one attached hydrogen (secondary N) is 1. The fourth-order valence-corrected chi connectivity index (χ4v) is 3.15. The molecule has 0 aliphatic carbocycles. The van der Waals surface area contributed by atoms with E-state index in [-0.39, 0.29) is 11.2 Å². The summed E-state index contributed by atoms with van der Waals surface area (Å²) in [5.74, 6) is 0.574. The molecule has 112 valence electrons. The molecule has 2 heterocycles. The summed E-state index contributed by atoms with van der Waals surface area (Å²) in [6.07, 6.45) is 3.72. The maximum absolute atomic E-state index is 12.0. The third-order valence-corrected chi connectivity index (χ3v) is 4.59. The fourth-order valence-electron chi connectivity index (χ4n) is 1.92. The van der Waals surface area contributed by atoms with Crippen molar-refractivity contribution in [3.05, 3.63) is 58.5 Å². The molecule has 1 N–H and O–H groups in total. The van der Waals surface area contributed by atoms with Crippen LogP contribution in [0.15, 0.2) is 61.8 Å². The van der Waals surface area contributed by atoms with E-state index in [0.29, 0.717) is 17.3 Å². The highest BCUT2D eigenvalue weighted by Gasteiger charge is 2.30. The fraction of sp³-hybridized carbons (Fsp3) is 0.133. The lowest BCUT2D eigenvalue weighted by molar-refractivity contribution is -0.118. The summed E-state index contributed by atoms with van der Waals surface area (Å²) < 4.78 is 6.14. The van der Waals surface area contributed by atoms with E-state index in [9.17, 15) is 4.79 Å². The molecule has 1 aromatic carbocycles. The van der Waals surface area contributed by atoms with Crippen LogP contribution in [0.1, 0.15) is 11.3 Å². The van der Waals surface area contributed by atoms with Gasteiger partial charge in [0.05, 0.1) is 17.7 Å². The van der Waals surface area contributed by atoms with Gasteiger partial charge in [0.25, 0.3) is 0 Å². The van der Waals surface area contributed by atoms with Gasteiger partial charge >= 0.3 is 0 Å². The highest BCUT2D eigenvalue weighted by Crippen LogP contribution is 2.24. The predicted molar refractivity (Wildman–Crippen MR) is 91.1 cm³/mol. The zero-order valence-corrected chi connectivity index (χ0v) is 13.8. The van der Waals surface area contributed by atoms with Crippen LogP contribution in [0.25, 0.3) is 0 Å². The summed E-state index contributed by atoms with van der Waals surface area (Å²) in [5.41, 5.74) is 1.11. The molecule has 1 atom stereocenters. The molecule has 1 saturated heterocycles. The van der Waals surface area contributed by atoms with E-state index < -0.39 is 0 Å². The molecule has 0 saturated carbocycles. The largest absolute Gasteiger partial charge is 0.463 e. The van der Waals surface area contributed by atoms with Crippen molar-refractivity contribution in [2.75, 3.05) is 0 Å². The maximum Gasteiger partial charge on any atom is 0.239 e. The highest BCUT2D eigenvalue weighted by atomic mass is 79.9. The summed E-state index contributed by atoms with van der Waals surface area (Å²) in [6, 6.07) is 11.5. The molecule has 7 heteroatoms. The van der Waals surface area contributed by atoms with Crippen LogP contribution in [0.3, 0.4) is 0 Å². The molecule has 5 nitrogen and oxygen atoms in total. The van der Waals surface area contributed by atoms with Crippen molar-refractivity contribution < 1.29 is 9.21 Å². The van der Waals surface area contributed by atoms with Gasteiger partial charge < -0.3 is 9.73 Å². The lowest BCUT2D eigenvalue weighted by Crippen LogP contribution is -2.25. The van der Waals surface area contributed by atoms with E-state index in [0.717, 1.165) is 10.0 Å². The number of thioether (sulfide) groups is 1. The van der Waals surface area contributed by atoms with Gasteiger partial charge in [-0.1, -0.05) is 39.8 Å². The quantitative estimate of drug-likeness (QED) is 0.656. The minimum atomic E-state index is -0.182. The topological polar surface area (TPSA) is 67.0 Å². The molecule has 3 rings (SSSR count). The van der Waals surface area contributed by atoms with Gasteiger partial charge in [0.2, 0.25) is 5.91 Å². The first-order valence-corrected chi connectivity index (χ1v) is 8.24. The lowest BCUT2D eigenvalue weighted by Gasteiger charge is -2.05. The van der Waals surface area contributed by atoms with Crippen molar-refractivity contribution in [1.82, 2.24) is 5.32 Å². The Morgan fingerprint density at radius 2 is 2.14 bits per heavy atom. The predicted octanol–water partition coefficient (Wildman–Crippen LogP) is 3.21. The number of carbonyl (C=O) groups is 1. The van der Waals surface area contributed by atoms with Gasteiger partial charge in [-0.05, 0) is 36.2 Å². The Bertz CT molecular complexity index is 711. The first kappa shape index (κ1) is 15.1. The number of furan rings is 1. The third-order valence-electron chi connectivity index (χ3n) is 2.99. The number of benzene rings is 1. The number of amides is 1. The molecule has 1 aliphatic heterocycles. The minimum Gasteiger partial charge on any atom is -0.463 e. The second-order valence-corrected chi connectivity index (χ2v) is 6.70. The average molecular weight is 378 g/mol. The second-order valence-electron chi connectivity index (χ2n) is 4.59. The minimum absolute atomic E-state index is 0.0418. The van der Waals surface area contributed by atoms with E-state index in [1.165, 1.54) is 18.0 Å². The second kappa shape index (κ2) is 6.93. The van der Waals surface area contributed by atoms with E-state index in [4.69, 9.17) is 4.42 Å². The van der Waals surface area contributed by atoms with Crippen LogP contribution in [0.2, 0.25) is 0 Å². The number of amidine groups is 1. The summed E-state index contributed by atoms with van der Waals surface area (Å²) in [5, 5.41) is 11.0. The zero-order chi connectivity index (χ0) is 15.4. The Kier molecular flexibility index (Phi) is 4.74. The Hall–Kier alpha value is -1.86.